The average Bonchev–Trinajstić information content (AvgIpc) is 2.60. The van der Waals surface area contributed by atoms with Gasteiger partial charge in [0.1, 0.15) is 0 Å². The summed E-state index contributed by atoms with van der Waals surface area (Å²) >= 11 is 0. The minimum atomic E-state index is -3.83. The Hall–Kier alpha value is -1.80. The molecule has 1 aromatic carbocycles. The molecule has 1 heterocycles. The molecule has 1 aliphatic rings. The molecule has 8 heteroatoms. The third-order valence-corrected chi connectivity index (χ3v) is 5.57. The summed E-state index contributed by atoms with van der Waals surface area (Å²) in [6, 6.07) is 3.49. The number of hydrogen-bond acceptors (Lipinski definition) is 5. The lowest BCUT2D eigenvalue weighted by Crippen LogP contribution is -2.48. The van der Waals surface area contributed by atoms with Gasteiger partial charge in [0.15, 0.2) is 11.5 Å². The van der Waals surface area contributed by atoms with Gasteiger partial charge < -0.3 is 14.4 Å². The predicted molar refractivity (Wildman–Crippen MR) is 89.8 cm³/mol. The average molecular weight is 356 g/mol. The molecule has 0 radical (unpaired) electrons. The number of rotatable bonds is 6. The molecule has 1 saturated heterocycles. The molecule has 24 heavy (non-hydrogen) atoms. The van der Waals surface area contributed by atoms with Crippen LogP contribution in [0.2, 0.25) is 0 Å². The van der Waals surface area contributed by atoms with Crippen molar-refractivity contribution in [2.75, 3.05) is 27.3 Å². The number of nitrogens with one attached hydrogen (secondary N) is 1. The second-order valence-corrected chi connectivity index (χ2v) is 7.46. The lowest BCUT2D eigenvalue weighted by atomic mass is 10.1. The Morgan fingerprint density at radius 2 is 1.75 bits per heavy atom. The van der Waals surface area contributed by atoms with Gasteiger partial charge in [0.2, 0.25) is 15.9 Å². The van der Waals surface area contributed by atoms with Gasteiger partial charge in [-0.1, -0.05) is 0 Å². The molecule has 1 N–H and O–H groups in total. The molecule has 1 aromatic rings. The highest BCUT2D eigenvalue weighted by Crippen LogP contribution is 2.29. The normalized spacial score (nSPS) is 16.5. The number of nitrogens with zero attached hydrogens (tertiary/aromatic N) is 1. The number of carbonyl (C=O) groups excluding carboxylic acids is 1. The standard InChI is InChI=1S/C16H24N2O5S/c1-12(16(19)18-9-5-4-6-10-18)17-24(20,21)13-7-8-14(22-2)15(11-13)23-3/h7-8,11-12,17H,4-6,9-10H2,1-3H3/t12-/m1/s1. The number of piperidine rings is 1. The number of methoxy groups -OCH3 is 2. The second-order valence-electron chi connectivity index (χ2n) is 5.75. The zero-order valence-electron chi connectivity index (χ0n) is 14.2. The Labute approximate surface area is 143 Å². The number of benzene rings is 1. The SMILES string of the molecule is COc1ccc(S(=O)(=O)N[C@H](C)C(=O)N2CCCCC2)cc1OC. The van der Waals surface area contributed by atoms with Gasteiger partial charge in [-0.3, -0.25) is 4.79 Å². The van der Waals surface area contributed by atoms with Crippen LogP contribution < -0.4 is 14.2 Å². The van der Waals surface area contributed by atoms with Crippen LogP contribution >= 0.6 is 0 Å². The van der Waals surface area contributed by atoms with Crippen LogP contribution in [-0.4, -0.2) is 52.6 Å². The summed E-state index contributed by atoms with van der Waals surface area (Å²) in [6.07, 6.45) is 3.03. The van der Waals surface area contributed by atoms with Crippen molar-refractivity contribution < 1.29 is 22.7 Å². The summed E-state index contributed by atoms with van der Waals surface area (Å²) in [5, 5.41) is 0. The summed E-state index contributed by atoms with van der Waals surface area (Å²) in [5.74, 6) is 0.558. The Bertz CT molecular complexity index is 684. The summed E-state index contributed by atoms with van der Waals surface area (Å²) in [6.45, 7) is 2.93. The first-order valence-corrected chi connectivity index (χ1v) is 9.40. The molecule has 2 rings (SSSR count). The van der Waals surface area contributed by atoms with Gasteiger partial charge in [0.05, 0.1) is 25.2 Å². The maximum absolute atomic E-state index is 12.5. The maximum Gasteiger partial charge on any atom is 0.241 e. The number of carbonyl (C=O) groups is 1. The van der Waals surface area contributed by atoms with Crippen LogP contribution in [0.15, 0.2) is 23.1 Å². The van der Waals surface area contributed by atoms with Crippen molar-refractivity contribution in [3.8, 4) is 11.5 Å². The van der Waals surface area contributed by atoms with Crippen LogP contribution in [0, 0.1) is 0 Å². The summed E-state index contributed by atoms with van der Waals surface area (Å²) < 4.78 is 37.7. The molecule has 1 fully saturated rings. The summed E-state index contributed by atoms with van der Waals surface area (Å²) in [4.78, 5) is 14.1. The van der Waals surface area contributed by atoms with E-state index >= 15 is 0 Å². The van der Waals surface area contributed by atoms with Crippen LogP contribution in [0.3, 0.4) is 0 Å². The van der Waals surface area contributed by atoms with Crippen LogP contribution in [0.1, 0.15) is 26.2 Å². The fourth-order valence-electron chi connectivity index (χ4n) is 2.72. The van der Waals surface area contributed by atoms with Gasteiger partial charge in [-0.15, -0.1) is 0 Å². The molecule has 1 amide bonds. The van der Waals surface area contributed by atoms with Gasteiger partial charge in [0, 0.05) is 19.2 Å². The van der Waals surface area contributed by atoms with E-state index in [9.17, 15) is 13.2 Å². The van der Waals surface area contributed by atoms with Crippen molar-refractivity contribution in [1.82, 2.24) is 9.62 Å². The van der Waals surface area contributed by atoms with Crippen LogP contribution in [0.25, 0.3) is 0 Å². The number of ether oxygens (including phenoxy) is 2. The lowest BCUT2D eigenvalue weighted by Gasteiger charge is -2.29. The van der Waals surface area contributed by atoms with E-state index in [1.165, 1.54) is 32.4 Å². The van der Waals surface area contributed by atoms with E-state index in [-0.39, 0.29) is 10.8 Å². The van der Waals surface area contributed by atoms with E-state index in [2.05, 4.69) is 4.72 Å². The highest BCUT2D eigenvalue weighted by atomic mass is 32.2. The largest absolute Gasteiger partial charge is 0.493 e. The molecule has 1 aliphatic heterocycles. The molecule has 0 saturated carbocycles. The fourth-order valence-corrected chi connectivity index (χ4v) is 3.93. The van der Waals surface area contributed by atoms with Crippen molar-refractivity contribution in [3.63, 3.8) is 0 Å². The highest BCUT2D eigenvalue weighted by molar-refractivity contribution is 7.89. The van der Waals surface area contributed by atoms with Crippen LogP contribution in [-0.2, 0) is 14.8 Å². The molecule has 0 bridgehead atoms. The van der Waals surface area contributed by atoms with Gasteiger partial charge in [-0.05, 0) is 38.3 Å². The first-order valence-electron chi connectivity index (χ1n) is 7.92. The minimum absolute atomic E-state index is 0.0263. The molecule has 0 spiro atoms. The molecule has 0 unspecified atom stereocenters. The van der Waals surface area contributed by atoms with Crippen molar-refractivity contribution in [2.24, 2.45) is 0 Å². The number of amides is 1. The molecule has 1 atom stereocenters. The summed E-state index contributed by atoms with van der Waals surface area (Å²) in [7, 11) is -0.923. The Balaban J connectivity index is 2.13. The van der Waals surface area contributed by atoms with Gasteiger partial charge in [-0.2, -0.15) is 4.72 Å². The molecular weight excluding hydrogens is 332 g/mol. The van der Waals surface area contributed by atoms with Gasteiger partial charge >= 0.3 is 0 Å². The van der Waals surface area contributed by atoms with Crippen molar-refractivity contribution in [2.45, 2.75) is 37.1 Å². The number of hydrogen-bond donors (Lipinski definition) is 1. The topological polar surface area (TPSA) is 84.9 Å². The van der Waals surface area contributed by atoms with Crippen LogP contribution in [0.4, 0.5) is 0 Å². The molecule has 134 valence electrons. The monoisotopic (exact) mass is 356 g/mol. The van der Waals surface area contributed by atoms with E-state index in [1.54, 1.807) is 11.8 Å². The number of sulfonamides is 1. The smallest absolute Gasteiger partial charge is 0.241 e. The lowest BCUT2D eigenvalue weighted by molar-refractivity contribution is -0.133. The zero-order valence-corrected chi connectivity index (χ0v) is 15.1. The van der Waals surface area contributed by atoms with E-state index in [1.807, 2.05) is 0 Å². The first-order chi connectivity index (χ1) is 11.4. The first kappa shape index (κ1) is 18.5. The van der Waals surface area contributed by atoms with E-state index in [4.69, 9.17) is 9.47 Å². The van der Waals surface area contributed by atoms with E-state index < -0.39 is 16.1 Å². The van der Waals surface area contributed by atoms with Gasteiger partial charge in [-0.25, -0.2) is 8.42 Å². The van der Waals surface area contributed by atoms with Crippen molar-refractivity contribution >= 4 is 15.9 Å². The highest BCUT2D eigenvalue weighted by Gasteiger charge is 2.27. The Morgan fingerprint density at radius 1 is 1.12 bits per heavy atom. The predicted octanol–water partition coefficient (Wildman–Crippen LogP) is 1.38. The summed E-state index contributed by atoms with van der Waals surface area (Å²) in [5.41, 5.74) is 0. The minimum Gasteiger partial charge on any atom is -0.493 e. The maximum atomic E-state index is 12.5. The van der Waals surface area contributed by atoms with Crippen molar-refractivity contribution in [1.29, 1.82) is 0 Å². The zero-order chi connectivity index (χ0) is 17.7. The second kappa shape index (κ2) is 7.85. The van der Waals surface area contributed by atoms with Gasteiger partial charge in [0.25, 0.3) is 0 Å². The van der Waals surface area contributed by atoms with E-state index in [0.29, 0.717) is 24.6 Å². The van der Waals surface area contributed by atoms with Crippen molar-refractivity contribution in [3.05, 3.63) is 18.2 Å². The molecule has 0 aromatic heterocycles. The van der Waals surface area contributed by atoms with E-state index in [0.717, 1.165) is 19.3 Å². The third-order valence-electron chi connectivity index (χ3n) is 4.04. The quantitative estimate of drug-likeness (QED) is 0.832. The molecular formula is C16H24N2O5S. The van der Waals surface area contributed by atoms with Crippen LogP contribution in [0.5, 0.6) is 11.5 Å². The molecule has 7 nitrogen and oxygen atoms in total. The Morgan fingerprint density at radius 3 is 2.33 bits per heavy atom. The third kappa shape index (κ3) is 4.18. The number of likely N-dealkylation sites (tertiary alicyclic amines) is 1. The molecule has 0 aliphatic carbocycles. The fraction of sp³-hybridized carbons (Fsp3) is 0.562. The Kier molecular flexibility index (Phi) is 6.06.